The van der Waals surface area contributed by atoms with Gasteiger partial charge in [-0.05, 0) is 26.7 Å². The molecule has 0 saturated heterocycles. The Morgan fingerprint density at radius 3 is 2.24 bits per heavy atom. The van der Waals surface area contributed by atoms with E-state index in [0.717, 1.165) is 25.7 Å². The van der Waals surface area contributed by atoms with E-state index in [0.29, 0.717) is 26.0 Å². The van der Waals surface area contributed by atoms with Gasteiger partial charge in [-0.15, -0.1) is 0 Å². The highest BCUT2D eigenvalue weighted by Gasteiger charge is 2.22. The fourth-order valence-electron chi connectivity index (χ4n) is 1.64. The first-order valence-corrected chi connectivity index (χ1v) is 9.09. The summed E-state index contributed by atoms with van der Waals surface area (Å²) < 4.78 is 32.1. The Kier molecular flexibility index (Phi) is 12.4. The molecule has 0 aromatic rings. The van der Waals surface area contributed by atoms with Gasteiger partial charge in [0, 0.05) is 0 Å². The van der Waals surface area contributed by atoms with Crippen LogP contribution in [-0.2, 0) is 23.1 Å². The molecule has 0 aromatic heterocycles. The van der Waals surface area contributed by atoms with Gasteiger partial charge in [-0.2, -0.15) is 0 Å². The van der Waals surface area contributed by atoms with Crippen molar-refractivity contribution in [3.05, 3.63) is 12.7 Å². The third-order valence-corrected chi connectivity index (χ3v) is 4.68. The summed E-state index contributed by atoms with van der Waals surface area (Å²) in [5, 5.41) is 0. The van der Waals surface area contributed by atoms with Crippen LogP contribution in [0.15, 0.2) is 12.7 Å². The Morgan fingerprint density at radius 2 is 1.67 bits per heavy atom. The molecule has 0 atom stereocenters. The van der Waals surface area contributed by atoms with Crippen molar-refractivity contribution >= 4 is 13.8 Å². The van der Waals surface area contributed by atoms with Gasteiger partial charge >= 0.3 is 13.8 Å². The molecule has 0 fully saturated rings. The maximum Gasteiger partial charge on any atom is 0.508 e. The molecule has 0 spiro atoms. The van der Waals surface area contributed by atoms with E-state index in [1.165, 1.54) is 6.08 Å². The molecule has 21 heavy (non-hydrogen) atoms. The van der Waals surface area contributed by atoms with Crippen LogP contribution in [0, 0.1) is 0 Å². The maximum absolute atomic E-state index is 12.2. The lowest BCUT2D eigenvalue weighted by atomic mass is 10.2. The molecular formula is C14H27O6P. The molecule has 0 aromatic carbocycles. The van der Waals surface area contributed by atoms with Crippen LogP contribution in [0.5, 0.6) is 0 Å². The van der Waals surface area contributed by atoms with E-state index in [-0.39, 0.29) is 6.61 Å². The zero-order valence-electron chi connectivity index (χ0n) is 13.0. The van der Waals surface area contributed by atoms with Crippen molar-refractivity contribution in [2.24, 2.45) is 0 Å². The third-order valence-electron chi connectivity index (χ3n) is 2.52. The number of carbonyl (C=O) groups is 1. The second-order valence-electron chi connectivity index (χ2n) is 4.28. The van der Waals surface area contributed by atoms with Gasteiger partial charge in [-0.3, -0.25) is 4.57 Å². The fraction of sp³-hybridized carbons (Fsp3) is 0.786. The minimum atomic E-state index is -2.92. The molecule has 0 amide bonds. The summed E-state index contributed by atoms with van der Waals surface area (Å²) in [6.07, 6.45) is 4.51. The van der Waals surface area contributed by atoms with Crippen LogP contribution in [0.4, 0.5) is 4.79 Å². The molecule has 0 rings (SSSR count). The molecule has 0 radical (unpaired) electrons. The summed E-state index contributed by atoms with van der Waals surface area (Å²) in [5.41, 5.74) is 0. The molecule has 0 unspecified atom stereocenters. The van der Waals surface area contributed by atoms with Gasteiger partial charge in [-0.25, -0.2) is 4.79 Å². The van der Waals surface area contributed by atoms with Crippen molar-refractivity contribution in [1.29, 1.82) is 0 Å². The van der Waals surface area contributed by atoms with E-state index >= 15 is 0 Å². The van der Waals surface area contributed by atoms with E-state index in [9.17, 15) is 9.36 Å². The van der Waals surface area contributed by atoms with Crippen molar-refractivity contribution in [2.45, 2.75) is 39.5 Å². The van der Waals surface area contributed by atoms with Crippen LogP contribution < -0.4 is 0 Å². The lowest BCUT2D eigenvalue weighted by Gasteiger charge is -2.16. The molecule has 124 valence electrons. The zero-order valence-corrected chi connectivity index (χ0v) is 13.9. The highest BCUT2D eigenvalue weighted by atomic mass is 31.2. The van der Waals surface area contributed by atoms with E-state index in [2.05, 4.69) is 11.3 Å². The SMILES string of the molecule is C=CCOC(=O)OCCCCCCP(=O)(OCC)OCC. The average molecular weight is 322 g/mol. The molecule has 0 N–H and O–H groups in total. The first-order chi connectivity index (χ1) is 10.1. The summed E-state index contributed by atoms with van der Waals surface area (Å²) in [6, 6.07) is 0. The van der Waals surface area contributed by atoms with Gasteiger partial charge in [0.1, 0.15) is 6.61 Å². The third kappa shape index (κ3) is 11.5. The van der Waals surface area contributed by atoms with Crippen LogP contribution in [0.2, 0.25) is 0 Å². The number of ether oxygens (including phenoxy) is 2. The van der Waals surface area contributed by atoms with Crippen molar-refractivity contribution in [3.8, 4) is 0 Å². The largest absolute Gasteiger partial charge is 0.508 e. The van der Waals surface area contributed by atoms with Crippen LogP contribution in [-0.4, -0.2) is 38.7 Å². The monoisotopic (exact) mass is 322 g/mol. The Labute approximate surface area is 127 Å². The lowest BCUT2D eigenvalue weighted by Crippen LogP contribution is -2.08. The normalized spacial score (nSPS) is 11.1. The van der Waals surface area contributed by atoms with Gasteiger partial charge in [0.25, 0.3) is 0 Å². The Hall–Kier alpha value is -0.840. The molecular weight excluding hydrogens is 295 g/mol. The van der Waals surface area contributed by atoms with Crippen LogP contribution in [0.1, 0.15) is 39.5 Å². The Bertz CT molecular complexity index is 321. The Balaban J connectivity index is 3.60. The minimum Gasteiger partial charge on any atom is -0.434 e. The molecule has 7 heteroatoms. The van der Waals surface area contributed by atoms with Gasteiger partial charge in [0.05, 0.1) is 26.0 Å². The number of carbonyl (C=O) groups excluding carboxylic acids is 1. The smallest absolute Gasteiger partial charge is 0.434 e. The van der Waals surface area contributed by atoms with Gasteiger partial charge in [0.15, 0.2) is 0 Å². The lowest BCUT2D eigenvalue weighted by molar-refractivity contribution is 0.0620. The van der Waals surface area contributed by atoms with Crippen LogP contribution >= 0.6 is 7.60 Å². The van der Waals surface area contributed by atoms with Gasteiger partial charge < -0.3 is 18.5 Å². The number of hydrogen-bond acceptors (Lipinski definition) is 6. The molecule has 0 aliphatic heterocycles. The van der Waals surface area contributed by atoms with E-state index in [1.54, 1.807) is 13.8 Å². The van der Waals surface area contributed by atoms with E-state index in [1.807, 2.05) is 0 Å². The molecule has 0 saturated carbocycles. The van der Waals surface area contributed by atoms with E-state index < -0.39 is 13.8 Å². The maximum atomic E-state index is 12.2. The first-order valence-electron chi connectivity index (χ1n) is 7.36. The summed E-state index contributed by atoms with van der Waals surface area (Å²) in [4.78, 5) is 11.0. The van der Waals surface area contributed by atoms with Crippen molar-refractivity contribution in [1.82, 2.24) is 0 Å². The zero-order chi connectivity index (χ0) is 16.0. The minimum absolute atomic E-state index is 0.156. The van der Waals surface area contributed by atoms with Crippen LogP contribution in [0.25, 0.3) is 0 Å². The highest BCUT2D eigenvalue weighted by Crippen LogP contribution is 2.48. The summed E-state index contributed by atoms with van der Waals surface area (Å²) in [6.45, 7) is 8.29. The molecule has 0 aliphatic rings. The van der Waals surface area contributed by atoms with E-state index in [4.69, 9.17) is 13.8 Å². The summed E-state index contributed by atoms with van der Waals surface area (Å²) in [7, 11) is -2.92. The number of hydrogen-bond donors (Lipinski definition) is 0. The summed E-state index contributed by atoms with van der Waals surface area (Å²) >= 11 is 0. The number of rotatable bonds is 13. The van der Waals surface area contributed by atoms with Gasteiger partial charge in [0.2, 0.25) is 0 Å². The Morgan fingerprint density at radius 1 is 1.05 bits per heavy atom. The van der Waals surface area contributed by atoms with Gasteiger partial charge in [-0.1, -0.05) is 25.5 Å². The first kappa shape index (κ1) is 20.2. The molecule has 0 bridgehead atoms. The second-order valence-corrected chi connectivity index (χ2v) is 6.47. The molecule has 0 heterocycles. The fourth-order valence-corrected chi connectivity index (χ4v) is 3.38. The molecule has 6 nitrogen and oxygen atoms in total. The van der Waals surface area contributed by atoms with Crippen LogP contribution in [0.3, 0.4) is 0 Å². The highest BCUT2D eigenvalue weighted by molar-refractivity contribution is 7.53. The van der Waals surface area contributed by atoms with Crippen molar-refractivity contribution in [3.63, 3.8) is 0 Å². The van der Waals surface area contributed by atoms with Crippen molar-refractivity contribution < 1.29 is 27.9 Å². The second kappa shape index (κ2) is 12.9. The molecule has 0 aliphatic carbocycles. The average Bonchev–Trinajstić information content (AvgIpc) is 2.44. The summed E-state index contributed by atoms with van der Waals surface area (Å²) in [5.74, 6) is 0. The van der Waals surface area contributed by atoms with Crippen molar-refractivity contribution in [2.75, 3.05) is 32.6 Å². The topological polar surface area (TPSA) is 71.1 Å². The number of unbranched alkanes of at least 4 members (excludes halogenated alkanes) is 3. The predicted molar refractivity (Wildman–Crippen MR) is 81.7 cm³/mol. The quantitative estimate of drug-likeness (QED) is 0.219. The standard InChI is InChI=1S/C14H27O6P/c1-4-11-17-14(15)18-12-9-7-8-10-13-21(16,19-5-2)20-6-3/h4H,1,5-13H2,2-3H3. The predicted octanol–water partition coefficient (Wildman–Crippen LogP) is 4.15.